The van der Waals surface area contributed by atoms with E-state index in [1.807, 2.05) is 0 Å². The van der Waals surface area contributed by atoms with Crippen LogP contribution in [-0.4, -0.2) is 11.6 Å². The monoisotopic (exact) mass is 148 g/mol. The number of carbonyl (C=O) groups is 2. The summed E-state index contributed by atoms with van der Waals surface area (Å²) in [5.74, 6) is 0.321. The average Bonchev–Trinajstić information content (AvgIpc) is 2.32. The van der Waals surface area contributed by atoms with Gasteiger partial charge in [0, 0.05) is 18.4 Å². The van der Waals surface area contributed by atoms with E-state index in [1.54, 1.807) is 6.08 Å². The van der Waals surface area contributed by atoms with Crippen molar-refractivity contribution in [1.29, 1.82) is 0 Å². The second-order valence-corrected chi connectivity index (χ2v) is 2.92. The molecule has 2 nitrogen and oxygen atoms in total. The molecule has 0 amide bonds. The highest BCUT2D eigenvalue weighted by Crippen LogP contribution is 2.29. The highest BCUT2D eigenvalue weighted by atomic mass is 16.1. The summed E-state index contributed by atoms with van der Waals surface area (Å²) in [6.07, 6.45) is 5.03. The standard InChI is InChI=1S/C9H8O2/c10-7-2-3-8-6(5-7)1-4-9(8)11/h2-3H,1,4-5H2. The average molecular weight is 148 g/mol. The minimum absolute atomic E-state index is 0.124. The number of carbonyl (C=O) groups excluding carboxylic acids is 2. The molecule has 0 N–H and O–H groups in total. The molecule has 0 heterocycles. The topological polar surface area (TPSA) is 34.1 Å². The summed E-state index contributed by atoms with van der Waals surface area (Å²) < 4.78 is 0. The fraction of sp³-hybridized carbons (Fsp3) is 0.333. The Hall–Kier alpha value is -1.18. The van der Waals surface area contributed by atoms with Gasteiger partial charge in [0.2, 0.25) is 0 Å². The van der Waals surface area contributed by atoms with Crippen molar-refractivity contribution in [2.24, 2.45) is 0 Å². The fourth-order valence-corrected chi connectivity index (χ4v) is 1.57. The zero-order chi connectivity index (χ0) is 7.84. The van der Waals surface area contributed by atoms with Crippen LogP contribution in [0, 0.1) is 0 Å². The van der Waals surface area contributed by atoms with Gasteiger partial charge in [-0.15, -0.1) is 0 Å². The lowest BCUT2D eigenvalue weighted by atomic mass is 9.99. The molecule has 0 aromatic rings. The lowest BCUT2D eigenvalue weighted by molar-refractivity contribution is -0.114. The Morgan fingerprint density at radius 2 is 1.91 bits per heavy atom. The van der Waals surface area contributed by atoms with Gasteiger partial charge in [-0.1, -0.05) is 5.57 Å². The quantitative estimate of drug-likeness (QED) is 0.516. The Bertz CT molecular complexity index is 295. The third kappa shape index (κ3) is 0.946. The number of hydrogen-bond donors (Lipinski definition) is 0. The Labute approximate surface area is 64.6 Å². The summed E-state index contributed by atoms with van der Waals surface area (Å²) >= 11 is 0. The molecule has 0 bridgehead atoms. The molecule has 0 saturated heterocycles. The van der Waals surface area contributed by atoms with Gasteiger partial charge in [0.1, 0.15) is 0 Å². The highest BCUT2D eigenvalue weighted by molar-refractivity contribution is 6.06. The number of hydrogen-bond acceptors (Lipinski definition) is 2. The molecule has 0 unspecified atom stereocenters. The molecule has 0 radical (unpaired) electrons. The minimum Gasteiger partial charge on any atom is -0.294 e. The third-order valence-corrected chi connectivity index (χ3v) is 2.16. The van der Waals surface area contributed by atoms with Crippen LogP contribution in [0.3, 0.4) is 0 Å². The first-order chi connectivity index (χ1) is 5.27. The first-order valence-corrected chi connectivity index (χ1v) is 3.73. The van der Waals surface area contributed by atoms with Crippen LogP contribution >= 0.6 is 0 Å². The van der Waals surface area contributed by atoms with Crippen molar-refractivity contribution >= 4 is 11.6 Å². The van der Waals surface area contributed by atoms with E-state index < -0.39 is 0 Å². The van der Waals surface area contributed by atoms with E-state index in [2.05, 4.69) is 0 Å². The van der Waals surface area contributed by atoms with Gasteiger partial charge in [0.05, 0.1) is 0 Å². The molecule has 0 fully saturated rings. The van der Waals surface area contributed by atoms with Crippen molar-refractivity contribution in [2.75, 3.05) is 0 Å². The maximum Gasteiger partial charge on any atom is 0.163 e. The van der Waals surface area contributed by atoms with E-state index in [0.29, 0.717) is 12.8 Å². The fourth-order valence-electron chi connectivity index (χ4n) is 1.57. The molecule has 2 heteroatoms. The smallest absolute Gasteiger partial charge is 0.163 e. The number of Topliss-reactive ketones (excluding diaryl/α,β-unsaturated/α-hetero) is 1. The molecule has 2 rings (SSSR count). The SMILES string of the molecule is O=C1C=CC2=C(CCC2=O)C1. The van der Waals surface area contributed by atoms with Crippen LogP contribution in [-0.2, 0) is 9.59 Å². The molecule has 0 aromatic heterocycles. The van der Waals surface area contributed by atoms with Gasteiger partial charge in [-0.25, -0.2) is 0 Å². The minimum atomic E-state index is 0.124. The molecule has 11 heavy (non-hydrogen) atoms. The third-order valence-electron chi connectivity index (χ3n) is 2.16. The summed E-state index contributed by atoms with van der Waals surface area (Å²) in [5.41, 5.74) is 1.84. The Morgan fingerprint density at radius 1 is 1.09 bits per heavy atom. The molecular weight excluding hydrogens is 140 g/mol. The lowest BCUT2D eigenvalue weighted by Gasteiger charge is -2.04. The van der Waals surface area contributed by atoms with E-state index >= 15 is 0 Å². The van der Waals surface area contributed by atoms with Crippen molar-refractivity contribution < 1.29 is 9.59 Å². The van der Waals surface area contributed by atoms with Crippen molar-refractivity contribution in [1.82, 2.24) is 0 Å². The normalized spacial score (nSPS) is 22.9. The van der Waals surface area contributed by atoms with Crippen LogP contribution < -0.4 is 0 Å². The Morgan fingerprint density at radius 3 is 2.73 bits per heavy atom. The van der Waals surface area contributed by atoms with E-state index in [-0.39, 0.29) is 11.6 Å². The van der Waals surface area contributed by atoms with Crippen molar-refractivity contribution in [3.8, 4) is 0 Å². The van der Waals surface area contributed by atoms with Gasteiger partial charge in [0.25, 0.3) is 0 Å². The lowest BCUT2D eigenvalue weighted by Crippen LogP contribution is -2.02. The molecule has 0 aromatic carbocycles. The van der Waals surface area contributed by atoms with Gasteiger partial charge in [0.15, 0.2) is 11.6 Å². The van der Waals surface area contributed by atoms with Crippen molar-refractivity contribution in [3.63, 3.8) is 0 Å². The maximum atomic E-state index is 11.1. The number of rotatable bonds is 0. The Kier molecular flexibility index (Phi) is 1.28. The molecule has 2 aliphatic rings. The van der Waals surface area contributed by atoms with Crippen LogP contribution in [0.2, 0.25) is 0 Å². The molecule has 0 aliphatic heterocycles. The Balaban J connectivity index is 2.39. The second kappa shape index (κ2) is 2.16. The van der Waals surface area contributed by atoms with E-state index in [0.717, 1.165) is 17.6 Å². The van der Waals surface area contributed by atoms with Gasteiger partial charge in [-0.05, 0) is 18.6 Å². The van der Waals surface area contributed by atoms with Crippen LogP contribution in [0.4, 0.5) is 0 Å². The van der Waals surface area contributed by atoms with Gasteiger partial charge >= 0.3 is 0 Å². The predicted octanol–water partition coefficient (Wildman–Crippen LogP) is 1.17. The zero-order valence-electron chi connectivity index (χ0n) is 6.09. The van der Waals surface area contributed by atoms with Crippen LogP contribution in [0.25, 0.3) is 0 Å². The molecular formula is C9H8O2. The van der Waals surface area contributed by atoms with Gasteiger partial charge in [-0.2, -0.15) is 0 Å². The number of ketones is 2. The van der Waals surface area contributed by atoms with Gasteiger partial charge in [-0.3, -0.25) is 9.59 Å². The first-order valence-electron chi connectivity index (χ1n) is 3.73. The molecule has 0 spiro atoms. The highest BCUT2D eigenvalue weighted by Gasteiger charge is 2.24. The zero-order valence-corrected chi connectivity index (χ0v) is 6.09. The van der Waals surface area contributed by atoms with Crippen LogP contribution in [0.15, 0.2) is 23.3 Å². The molecule has 0 atom stereocenters. The predicted molar refractivity (Wildman–Crippen MR) is 40.0 cm³/mol. The second-order valence-electron chi connectivity index (χ2n) is 2.92. The van der Waals surface area contributed by atoms with E-state index in [4.69, 9.17) is 0 Å². The molecule has 2 aliphatic carbocycles. The van der Waals surface area contributed by atoms with Crippen LogP contribution in [0.1, 0.15) is 19.3 Å². The summed E-state index contributed by atoms with van der Waals surface area (Å²) in [6, 6.07) is 0. The van der Waals surface area contributed by atoms with Gasteiger partial charge < -0.3 is 0 Å². The maximum absolute atomic E-state index is 11.1. The summed E-state index contributed by atoms with van der Waals surface area (Å²) in [5, 5.41) is 0. The summed E-state index contributed by atoms with van der Waals surface area (Å²) in [6.45, 7) is 0. The van der Waals surface area contributed by atoms with Crippen LogP contribution in [0.5, 0.6) is 0 Å². The van der Waals surface area contributed by atoms with Crippen molar-refractivity contribution in [2.45, 2.75) is 19.3 Å². The number of allylic oxidation sites excluding steroid dienone is 4. The molecule has 56 valence electrons. The van der Waals surface area contributed by atoms with Crippen molar-refractivity contribution in [3.05, 3.63) is 23.3 Å². The van der Waals surface area contributed by atoms with E-state index in [9.17, 15) is 9.59 Å². The largest absolute Gasteiger partial charge is 0.294 e. The first kappa shape index (κ1) is 6.53. The summed E-state index contributed by atoms with van der Waals surface area (Å²) in [4.78, 5) is 22.0. The summed E-state index contributed by atoms with van der Waals surface area (Å²) in [7, 11) is 0. The van der Waals surface area contributed by atoms with E-state index in [1.165, 1.54) is 6.08 Å². The molecule has 0 saturated carbocycles.